The summed E-state index contributed by atoms with van der Waals surface area (Å²) in [5, 5.41) is 11.4. The van der Waals surface area contributed by atoms with Gasteiger partial charge in [0.05, 0.1) is 11.1 Å². The fraction of sp³-hybridized carbons (Fsp3) is 0.625. The van der Waals surface area contributed by atoms with Crippen LogP contribution in [0.15, 0.2) is 12.1 Å². The lowest BCUT2D eigenvalue weighted by Crippen LogP contribution is -2.25. The van der Waals surface area contributed by atoms with Crippen LogP contribution in [0.5, 0.6) is 11.5 Å². The van der Waals surface area contributed by atoms with E-state index in [1.54, 1.807) is 6.07 Å². The molecular weight excluding hydrogens is 276 g/mol. The minimum absolute atomic E-state index is 0.0343. The Hall–Kier alpha value is -0.930. The number of rotatable bonds is 3. The molecule has 0 saturated heterocycles. The summed E-state index contributed by atoms with van der Waals surface area (Å²) < 4.78 is 11.1. The average molecular weight is 297 g/mol. The first-order chi connectivity index (χ1) is 9.66. The molecule has 2 aliphatic rings. The van der Waals surface area contributed by atoms with E-state index >= 15 is 0 Å². The van der Waals surface area contributed by atoms with E-state index < -0.39 is 6.10 Å². The van der Waals surface area contributed by atoms with Crippen LogP contribution in [0.4, 0.5) is 0 Å². The fourth-order valence-electron chi connectivity index (χ4n) is 3.52. The predicted octanol–water partition coefficient (Wildman–Crippen LogP) is 4.12. The van der Waals surface area contributed by atoms with Gasteiger partial charge >= 0.3 is 0 Å². The van der Waals surface area contributed by atoms with Crippen molar-refractivity contribution in [1.82, 2.24) is 0 Å². The Bertz CT molecular complexity index is 495. The summed E-state index contributed by atoms with van der Waals surface area (Å²) in [4.78, 5) is 0. The van der Waals surface area contributed by atoms with Crippen LogP contribution < -0.4 is 9.47 Å². The van der Waals surface area contributed by atoms with Crippen LogP contribution in [-0.4, -0.2) is 18.3 Å². The lowest BCUT2D eigenvalue weighted by atomic mass is 9.75. The van der Waals surface area contributed by atoms with Gasteiger partial charge in [0, 0.05) is 17.0 Å². The molecule has 1 fully saturated rings. The van der Waals surface area contributed by atoms with Crippen molar-refractivity contribution in [3.05, 3.63) is 22.7 Å². The van der Waals surface area contributed by atoms with Crippen molar-refractivity contribution >= 4 is 11.6 Å². The highest BCUT2D eigenvalue weighted by Crippen LogP contribution is 2.52. The lowest BCUT2D eigenvalue weighted by molar-refractivity contribution is 0.0234. The predicted molar refractivity (Wildman–Crippen MR) is 78.6 cm³/mol. The lowest BCUT2D eigenvalue weighted by Gasteiger charge is -2.34. The van der Waals surface area contributed by atoms with Crippen LogP contribution in [0.2, 0.25) is 5.02 Å². The van der Waals surface area contributed by atoms with E-state index in [1.807, 2.05) is 6.07 Å². The smallest absolute Gasteiger partial charge is 0.162 e. The van der Waals surface area contributed by atoms with E-state index in [0.717, 1.165) is 24.8 Å². The molecular formula is C16H21ClO3. The number of aliphatic hydroxyl groups is 1. The van der Waals surface area contributed by atoms with Gasteiger partial charge in [-0.3, -0.25) is 0 Å². The number of benzene rings is 1. The Labute approximate surface area is 124 Å². The summed E-state index contributed by atoms with van der Waals surface area (Å²) in [6, 6.07) is 3.63. The molecule has 110 valence electrons. The molecule has 0 spiro atoms. The first kappa shape index (κ1) is 14.0. The maximum absolute atomic E-state index is 10.9. The van der Waals surface area contributed by atoms with Crippen LogP contribution in [0.3, 0.4) is 0 Å². The summed E-state index contributed by atoms with van der Waals surface area (Å²) in [5.41, 5.74) is 0.743. The normalized spacial score (nSPS) is 21.8. The van der Waals surface area contributed by atoms with Crippen LogP contribution in [0.1, 0.15) is 50.7 Å². The Kier molecular flexibility index (Phi) is 3.83. The summed E-state index contributed by atoms with van der Waals surface area (Å²) in [6.07, 6.45) is 4.95. The summed E-state index contributed by atoms with van der Waals surface area (Å²) in [7, 11) is 0. The molecule has 20 heavy (non-hydrogen) atoms. The standard InChI is InChI=1S/C16H21ClO3/c1-2-16(5-3-4-6-16)15(18)11-9-13-14(10-12(11)17)20-8-7-19-13/h9-10,15,18H,2-8H2,1H3. The SMILES string of the molecule is CCC1(C(O)c2cc3c(cc2Cl)OCCO3)CCCC1. The van der Waals surface area contributed by atoms with E-state index in [1.165, 1.54) is 12.8 Å². The van der Waals surface area contributed by atoms with Crippen molar-refractivity contribution in [2.75, 3.05) is 13.2 Å². The van der Waals surface area contributed by atoms with Gasteiger partial charge in [0.2, 0.25) is 0 Å². The zero-order valence-corrected chi connectivity index (χ0v) is 12.6. The van der Waals surface area contributed by atoms with Crippen molar-refractivity contribution in [3.63, 3.8) is 0 Å². The Balaban J connectivity index is 1.96. The number of hydrogen-bond acceptors (Lipinski definition) is 3. The van der Waals surface area contributed by atoms with Crippen LogP contribution >= 0.6 is 11.6 Å². The highest BCUT2D eigenvalue weighted by atomic mass is 35.5. The third-order valence-electron chi connectivity index (χ3n) is 4.84. The third kappa shape index (κ3) is 2.27. The molecule has 3 nitrogen and oxygen atoms in total. The third-order valence-corrected chi connectivity index (χ3v) is 5.17. The molecule has 1 heterocycles. The van der Waals surface area contributed by atoms with Gasteiger partial charge < -0.3 is 14.6 Å². The number of fused-ring (bicyclic) bond motifs is 1. The van der Waals surface area contributed by atoms with Gasteiger partial charge in [-0.15, -0.1) is 0 Å². The van der Waals surface area contributed by atoms with Gasteiger partial charge in [0.25, 0.3) is 0 Å². The quantitative estimate of drug-likeness (QED) is 0.912. The zero-order chi connectivity index (χ0) is 14.2. The van der Waals surface area contributed by atoms with E-state index in [4.69, 9.17) is 21.1 Å². The Morgan fingerprint density at radius 3 is 2.40 bits per heavy atom. The number of ether oxygens (including phenoxy) is 2. The molecule has 0 bridgehead atoms. The molecule has 1 unspecified atom stereocenters. The molecule has 1 aromatic rings. The summed E-state index contributed by atoms with van der Waals surface area (Å²) >= 11 is 6.36. The van der Waals surface area contributed by atoms with Gasteiger partial charge in [-0.05, 0) is 25.3 Å². The molecule has 3 rings (SSSR count). The minimum atomic E-state index is -0.529. The maximum Gasteiger partial charge on any atom is 0.162 e. The second-order valence-corrected chi connectivity index (χ2v) is 6.25. The molecule has 1 saturated carbocycles. The first-order valence-corrected chi connectivity index (χ1v) is 7.81. The summed E-state index contributed by atoms with van der Waals surface area (Å²) in [6.45, 7) is 3.24. The van der Waals surface area contributed by atoms with Crippen LogP contribution in [-0.2, 0) is 0 Å². The van der Waals surface area contributed by atoms with E-state index in [9.17, 15) is 5.11 Å². The fourth-order valence-corrected chi connectivity index (χ4v) is 3.78. The van der Waals surface area contributed by atoms with Crippen LogP contribution in [0.25, 0.3) is 0 Å². The Morgan fingerprint density at radius 1 is 1.20 bits per heavy atom. The molecule has 1 aliphatic carbocycles. The molecule has 1 aliphatic heterocycles. The van der Waals surface area contributed by atoms with Gasteiger partial charge in [0.15, 0.2) is 11.5 Å². The van der Waals surface area contributed by atoms with Crippen molar-refractivity contribution in [1.29, 1.82) is 0 Å². The van der Waals surface area contributed by atoms with E-state index in [2.05, 4.69) is 6.92 Å². The summed E-state index contributed by atoms with van der Waals surface area (Å²) in [5.74, 6) is 1.37. The topological polar surface area (TPSA) is 38.7 Å². The van der Waals surface area contributed by atoms with Crippen molar-refractivity contribution in [2.45, 2.75) is 45.1 Å². The zero-order valence-electron chi connectivity index (χ0n) is 11.8. The van der Waals surface area contributed by atoms with Crippen molar-refractivity contribution in [3.8, 4) is 11.5 Å². The molecule has 1 atom stereocenters. The monoisotopic (exact) mass is 296 g/mol. The second-order valence-electron chi connectivity index (χ2n) is 5.84. The number of aliphatic hydroxyl groups excluding tert-OH is 1. The number of hydrogen-bond donors (Lipinski definition) is 1. The molecule has 0 amide bonds. The van der Waals surface area contributed by atoms with Crippen molar-refractivity contribution < 1.29 is 14.6 Å². The van der Waals surface area contributed by atoms with Gasteiger partial charge in [-0.25, -0.2) is 0 Å². The van der Waals surface area contributed by atoms with Gasteiger partial charge in [-0.2, -0.15) is 0 Å². The Morgan fingerprint density at radius 2 is 1.80 bits per heavy atom. The molecule has 0 aromatic heterocycles. The average Bonchev–Trinajstić information content (AvgIpc) is 2.96. The molecule has 1 N–H and O–H groups in total. The second kappa shape index (κ2) is 5.45. The largest absolute Gasteiger partial charge is 0.486 e. The first-order valence-electron chi connectivity index (χ1n) is 7.43. The highest BCUT2D eigenvalue weighted by molar-refractivity contribution is 6.31. The van der Waals surface area contributed by atoms with E-state index in [-0.39, 0.29) is 5.41 Å². The van der Waals surface area contributed by atoms with E-state index in [0.29, 0.717) is 29.7 Å². The highest BCUT2D eigenvalue weighted by Gasteiger charge is 2.40. The van der Waals surface area contributed by atoms with Crippen molar-refractivity contribution in [2.24, 2.45) is 5.41 Å². The van der Waals surface area contributed by atoms with Gasteiger partial charge in [0.1, 0.15) is 13.2 Å². The van der Waals surface area contributed by atoms with Crippen LogP contribution in [0, 0.1) is 5.41 Å². The maximum atomic E-state index is 10.9. The molecule has 0 radical (unpaired) electrons. The van der Waals surface area contributed by atoms with Gasteiger partial charge in [-0.1, -0.05) is 31.4 Å². The minimum Gasteiger partial charge on any atom is -0.486 e. The molecule has 4 heteroatoms. The number of halogens is 1. The molecule has 1 aromatic carbocycles.